The highest BCUT2D eigenvalue weighted by Crippen LogP contribution is 2.26. The molecule has 0 aliphatic carbocycles. The number of thiophene rings is 1. The number of alkyl halides is 3. The van der Waals surface area contributed by atoms with Crippen molar-refractivity contribution >= 4 is 33.1 Å². The van der Waals surface area contributed by atoms with Crippen LogP contribution < -0.4 is 11.1 Å². The SMILES string of the molecule is NC(=NO)C(CNCc1cc(Br)cs1)C(F)(F)F. The summed E-state index contributed by atoms with van der Waals surface area (Å²) < 4.78 is 38.6. The summed E-state index contributed by atoms with van der Waals surface area (Å²) in [5.74, 6) is -2.84. The zero-order valence-corrected chi connectivity index (χ0v) is 11.4. The number of hydrogen-bond acceptors (Lipinski definition) is 4. The summed E-state index contributed by atoms with van der Waals surface area (Å²) in [6, 6.07) is 1.81. The van der Waals surface area contributed by atoms with Crippen LogP contribution in [0.1, 0.15) is 4.88 Å². The van der Waals surface area contributed by atoms with Gasteiger partial charge in [0.2, 0.25) is 0 Å². The molecule has 0 amide bonds. The normalized spacial score (nSPS) is 14.8. The summed E-state index contributed by atoms with van der Waals surface area (Å²) in [6.45, 7) is -0.142. The zero-order valence-electron chi connectivity index (χ0n) is 9.04. The van der Waals surface area contributed by atoms with E-state index >= 15 is 0 Å². The molecule has 0 saturated carbocycles. The second kappa shape index (κ2) is 6.39. The molecule has 9 heteroatoms. The second-order valence-corrected chi connectivity index (χ2v) is 5.39. The molecule has 4 nitrogen and oxygen atoms in total. The third-order valence-corrected chi connectivity index (χ3v) is 3.83. The lowest BCUT2D eigenvalue weighted by Crippen LogP contribution is -2.42. The quantitative estimate of drug-likeness (QED) is 0.332. The molecule has 1 atom stereocenters. The summed E-state index contributed by atoms with van der Waals surface area (Å²) in [4.78, 5) is 0.891. The Morgan fingerprint density at radius 3 is 2.72 bits per heavy atom. The third kappa shape index (κ3) is 4.46. The molecule has 0 saturated heterocycles. The van der Waals surface area contributed by atoms with Crippen molar-refractivity contribution in [3.63, 3.8) is 0 Å². The molecule has 0 aliphatic heterocycles. The van der Waals surface area contributed by atoms with Crippen LogP contribution in [0, 0.1) is 5.92 Å². The Labute approximate surface area is 114 Å². The maximum absolute atomic E-state index is 12.6. The number of amidine groups is 1. The summed E-state index contributed by atoms with van der Waals surface area (Å²) in [5, 5.41) is 15.2. The van der Waals surface area contributed by atoms with Gasteiger partial charge in [0.15, 0.2) is 5.84 Å². The van der Waals surface area contributed by atoms with E-state index in [1.165, 1.54) is 11.3 Å². The van der Waals surface area contributed by atoms with Crippen LogP contribution in [0.2, 0.25) is 0 Å². The molecule has 1 aromatic rings. The van der Waals surface area contributed by atoms with Crippen LogP contribution in [0.4, 0.5) is 13.2 Å². The first kappa shape index (κ1) is 15.3. The molecular formula is C9H11BrF3N3OS. The van der Waals surface area contributed by atoms with E-state index in [1.54, 1.807) is 0 Å². The van der Waals surface area contributed by atoms with Gasteiger partial charge in [-0.25, -0.2) is 0 Å². The Hall–Kier alpha value is -0.800. The van der Waals surface area contributed by atoms with E-state index in [-0.39, 0.29) is 0 Å². The molecule has 4 N–H and O–H groups in total. The van der Waals surface area contributed by atoms with E-state index in [9.17, 15) is 13.2 Å². The molecule has 0 aromatic carbocycles. The third-order valence-electron chi connectivity index (χ3n) is 2.14. The van der Waals surface area contributed by atoms with Gasteiger partial charge < -0.3 is 16.3 Å². The highest BCUT2D eigenvalue weighted by molar-refractivity contribution is 9.10. The van der Waals surface area contributed by atoms with Gasteiger partial charge >= 0.3 is 6.18 Å². The summed E-state index contributed by atoms with van der Waals surface area (Å²) in [7, 11) is 0. The molecule has 1 aromatic heterocycles. The van der Waals surface area contributed by atoms with Crippen LogP contribution in [0.25, 0.3) is 0 Å². The standard InChI is InChI=1S/C9H11BrF3N3OS/c10-5-1-6(18-4-5)2-15-3-7(8(14)16-17)9(11,12)13/h1,4,7,15,17H,2-3H2,(H2,14,16). The number of nitrogens with one attached hydrogen (secondary N) is 1. The molecule has 0 aliphatic rings. The summed E-state index contributed by atoms with van der Waals surface area (Å²) in [6.07, 6.45) is -4.54. The fourth-order valence-corrected chi connectivity index (χ4v) is 2.66. The van der Waals surface area contributed by atoms with Crippen LogP contribution >= 0.6 is 27.3 Å². The fraction of sp³-hybridized carbons (Fsp3) is 0.444. The zero-order chi connectivity index (χ0) is 13.8. The number of oxime groups is 1. The van der Waals surface area contributed by atoms with Crippen molar-refractivity contribution in [2.45, 2.75) is 12.7 Å². The maximum atomic E-state index is 12.6. The molecule has 1 heterocycles. The van der Waals surface area contributed by atoms with Gasteiger partial charge in [0, 0.05) is 27.8 Å². The molecule has 0 fully saturated rings. The first-order chi connectivity index (χ1) is 8.34. The number of nitrogens with two attached hydrogens (primary N) is 1. The van der Waals surface area contributed by atoms with Crippen LogP contribution in [0.3, 0.4) is 0 Å². The predicted molar refractivity (Wildman–Crippen MR) is 66.7 cm³/mol. The van der Waals surface area contributed by atoms with Crippen molar-refractivity contribution in [2.24, 2.45) is 16.8 Å². The Bertz CT molecular complexity index is 421. The fourth-order valence-electron chi connectivity index (χ4n) is 1.24. The van der Waals surface area contributed by atoms with Crippen LogP contribution in [0.15, 0.2) is 21.1 Å². The van der Waals surface area contributed by atoms with E-state index in [4.69, 9.17) is 10.9 Å². The van der Waals surface area contributed by atoms with Gasteiger partial charge in [0.05, 0.1) is 0 Å². The van der Waals surface area contributed by atoms with E-state index < -0.39 is 24.5 Å². The molecule has 0 bridgehead atoms. The summed E-state index contributed by atoms with van der Waals surface area (Å²) in [5.41, 5.74) is 5.02. The Morgan fingerprint density at radius 2 is 2.28 bits per heavy atom. The second-order valence-electron chi connectivity index (χ2n) is 3.48. The van der Waals surface area contributed by atoms with Crippen molar-refractivity contribution in [3.05, 3.63) is 20.8 Å². The molecule has 102 valence electrons. The minimum atomic E-state index is -4.54. The number of nitrogens with zero attached hydrogens (tertiary/aromatic N) is 1. The predicted octanol–water partition coefficient (Wildman–Crippen LogP) is 2.53. The number of rotatable bonds is 5. The summed E-state index contributed by atoms with van der Waals surface area (Å²) >= 11 is 4.67. The lowest BCUT2D eigenvalue weighted by atomic mass is 10.1. The van der Waals surface area contributed by atoms with Gasteiger partial charge in [-0.15, -0.1) is 11.3 Å². The lowest BCUT2D eigenvalue weighted by Gasteiger charge is -2.19. The van der Waals surface area contributed by atoms with Gasteiger partial charge in [0.1, 0.15) is 5.92 Å². The van der Waals surface area contributed by atoms with Gasteiger partial charge in [-0.1, -0.05) is 5.16 Å². The van der Waals surface area contributed by atoms with Crippen molar-refractivity contribution in [3.8, 4) is 0 Å². The number of hydrogen-bond donors (Lipinski definition) is 3. The van der Waals surface area contributed by atoms with Crippen molar-refractivity contribution in [1.82, 2.24) is 5.32 Å². The van der Waals surface area contributed by atoms with E-state index in [2.05, 4.69) is 26.4 Å². The van der Waals surface area contributed by atoms with Crippen molar-refractivity contribution < 1.29 is 18.4 Å². The van der Waals surface area contributed by atoms with Gasteiger partial charge in [-0.05, 0) is 22.0 Å². The highest BCUT2D eigenvalue weighted by atomic mass is 79.9. The van der Waals surface area contributed by atoms with Crippen LogP contribution in [-0.4, -0.2) is 23.8 Å². The van der Waals surface area contributed by atoms with Gasteiger partial charge in [-0.3, -0.25) is 0 Å². The smallest absolute Gasteiger partial charge is 0.400 e. The van der Waals surface area contributed by atoms with Crippen LogP contribution in [0.5, 0.6) is 0 Å². The number of halogens is 4. The van der Waals surface area contributed by atoms with E-state index in [1.807, 2.05) is 11.4 Å². The largest absolute Gasteiger partial charge is 0.409 e. The average molecular weight is 346 g/mol. The molecule has 0 radical (unpaired) electrons. The van der Waals surface area contributed by atoms with E-state index in [0.717, 1.165) is 9.35 Å². The Morgan fingerprint density at radius 1 is 1.61 bits per heavy atom. The topological polar surface area (TPSA) is 70.6 Å². The highest BCUT2D eigenvalue weighted by Gasteiger charge is 2.42. The molecule has 1 rings (SSSR count). The van der Waals surface area contributed by atoms with E-state index in [0.29, 0.717) is 6.54 Å². The van der Waals surface area contributed by atoms with Crippen LogP contribution in [-0.2, 0) is 6.54 Å². The lowest BCUT2D eigenvalue weighted by molar-refractivity contribution is -0.154. The van der Waals surface area contributed by atoms with Gasteiger partial charge in [-0.2, -0.15) is 13.2 Å². The first-order valence-corrected chi connectivity index (χ1v) is 6.49. The van der Waals surface area contributed by atoms with Crippen molar-refractivity contribution in [1.29, 1.82) is 0 Å². The Kier molecular flexibility index (Phi) is 5.42. The minimum absolute atomic E-state index is 0.293. The van der Waals surface area contributed by atoms with Crippen molar-refractivity contribution in [2.75, 3.05) is 6.54 Å². The molecular weight excluding hydrogens is 335 g/mol. The minimum Gasteiger partial charge on any atom is -0.409 e. The Balaban J connectivity index is 2.53. The molecule has 0 spiro atoms. The molecule has 18 heavy (non-hydrogen) atoms. The maximum Gasteiger partial charge on any atom is 0.400 e. The average Bonchev–Trinajstić information content (AvgIpc) is 2.68. The first-order valence-electron chi connectivity index (χ1n) is 4.82. The monoisotopic (exact) mass is 345 g/mol. The van der Waals surface area contributed by atoms with Gasteiger partial charge in [0.25, 0.3) is 0 Å². The molecule has 1 unspecified atom stereocenters.